The van der Waals surface area contributed by atoms with Crippen molar-refractivity contribution >= 4 is 29.2 Å². The number of aromatic nitrogens is 3. The van der Waals surface area contributed by atoms with E-state index in [1.165, 1.54) is 16.9 Å². The molecule has 0 spiro atoms. The van der Waals surface area contributed by atoms with Crippen LogP contribution in [0.3, 0.4) is 0 Å². The van der Waals surface area contributed by atoms with Gasteiger partial charge in [0.1, 0.15) is 5.69 Å². The van der Waals surface area contributed by atoms with Crippen molar-refractivity contribution in [2.45, 2.75) is 50.9 Å². The summed E-state index contributed by atoms with van der Waals surface area (Å²) in [5.41, 5.74) is -0.797. The third kappa shape index (κ3) is 8.00. The maximum atomic E-state index is 13.4. The quantitative estimate of drug-likeness (QED) is 0.252. The van der Waals surface area contributed by atoms with Gasteiger partial charge in [-0.25, -0.2) is 4.79 Å². The normalized spacial score (nSPS) is 14.6. The molecule has 3 aromatic rings. The summed E-state index contributed by atoms with van der Waals surface area (Å²) in [7, 11) is 0. The number of amides is 2. The fourth-order valence-electron chi connectivity index (χ4n) is 3.82. The predicted molar refractivity (Wildman–Crippen MR) is 124 cm³/mol. The van der Waals surface area contributed by atoms with Crippen molar-refractivity contribution in [1.82, 2.24) is 10.3 Å². The molecule has 1 saturated carbocycles. The largest absolute Gasteiger partial charge is 0.862 e. The Morgan fingerprint density at radius 2 is 2.03 bits per heavy atom. The fourth-order valence-corrected chi connectivity index (χ4v) is 3.82. The molecular weight excluding hydrogens is 493 g/mol. The Labute approximate surface area is 210 Å². The van der Waals surface area contributed by atoms with Gasteiger partial charge in [0.15, 0.2) is 0 Å². The van der Waals surface area contributed by atoms with Gasteiger partial charge in [0.25, 0.3) is 6.20 Å². The van der Waals surface area contributed by atoms with Gasteiger partial charge in [0.05, 0.1) is 24.0 Å². The Bertz CT molecular complexity index is 1230. The first kappa shape index (κ1) is 26.1. The van der Waals surface area contributed by atoms with Crippen LogP contribution in [0.1, 0.15) is 43.4 Å². The van der Waals surface area contributed by atoms with Crippen LogP contribution < -0.4 is 20.4 Å². The second kappa shape index (κ2) is 11.8. The standard InChI is InChI=1S/C24H25F3N6O4/c25-24(26,27)16-11-18(29-21(34)8-10-36-20-6-1-2-7-20)13-19(12-16)30-23(35)31-22-15-33(32-37-22)14-17-5-3-4-9-28-17/h3-5,9,11-13,15,20H,1-2,6-8,10,14H2,(H2-,29,30,31,32,34,35). The molecule has 10 nitrogen and oxygen atoms in total. The van der Waals surface area contributed by atoms with Crippen molar-refractivity contribution in [3.05, 3.63) is 60.0 Å². The Morgan fingerprint density at radius 1 is 1.22 bits per heavy atom. The van der Waals surface area contributed by atoms with Crippen LogP contribution in [-0.4, -0.2) is 34.9 Å². The van der Waals surface area contributed by atoms with Crippen molar-refractivity contribution in [2.75, 3.05) is 17.2 Å². The van der Waals surface area contributed by atoms with Crippen molar-refractivity contribution in [1.29, 1.82) is 0 Å². The molecule has 0 bridgehead atoms. The van der Waals surface area contributed by atoms with Gasteiger partial charge >= 0.3 is 18.1 Å². The zero-order valence-electron chi connectivity index (χ0n) is 19.7. The number of hydrogen-bond acceptors (Lipinski definition) is 7. The molecular formula is C24H25F3N6O4. The zero-order valence-corrected chi connectivity index (χ0v) is 19.7. The minimum Gasteiger partial charge on any atom is -0.862 e. The van der Waals surface area contributed by atoms with E-state index in [1.54, 1.807) is 18.3 Å². The second-order valence-corrected chi connectivity index (χ2v) is 8.46. The van der Waals surface area contributed by atoms with Gasteiger partial charge in [0, 0.05) is 11.9 Å². The van der Waals surface area contributed by atoms with Crippen LogP contribution in [0.2, 0.25) is 0 Å². The van der Waals surface area contributed by atoms with Gasteiger partial charge in [-0.15, -0.1) is 0 Å². The third-order valence-corrected chi connectivity index (χ3v) is 5.53. The summed E-state index contributed by atoms with van der Waals surface area (Å²) in [6.45, 7) is 0.433. The highest BCUT2D eigenvalue weighted by Gasteiger charge is 2.31. The smallest absolute Gasteiger partial charge is 0.416 e. The molecule has 0 atom stereocenters. The van der Waals surface area contributed by atoms with E-state index < -0.39 is 23.7 Å². The summed E-state index contributed by atoms with van der Waals surface area (Å²) in [6, 6.07) is 7.15. The highest BCUT2D eigenvalue weighted by Crippen LogP contribution is 2.34. The predicted octanol–water partition coefficient (Wildman–Crippen LogP) is 3.81. The van der Waals surface area contributed by atoms with Gasteiger partial charge in [-0.05, 0) is 60.2 Å². The third-order valence-electron chi connectivity index (χ3n) is 5.53. The van der Waals surface area contributed by atoms with Crippen LogP contribution in [0.25, 0.3) is 0 Å². The second-order valence-electron chi connectivity index (χ2n) is 8.46. The number of urea groups is 1. The molecule has 0 unspecified atom stereocenters. The summed E-state index contributed by atoms with van der Waals surface area (Å²) >= 11 is 0. The fraction of sp³-hybridized carbons (Fsp3) is 0.375. The molecule has 2 N–H and O–H groups in total. The number of hydrogen-bond donors (Lipinski definition) is 2. The summed E-state index contributed by atoms with van der Waals surface area (Å²) in [5, 5.41) is 20.6. The lowest BCUT2D eigenvalue weighted by Crippen LogP contribution is -2.35. The monoisotopic (exact) mass is 518 g/mol. The molecule has 0 radical (unpaired) electrons. The van der Waals surface area contributed by atoms with E-state index in [0.717, 1.165) is 37.8 Å². The number of nitrogens with one attached hydrogen (secondary N) is 2. The van der Waals surface area contributed by atoms with E-state index in [4.69, 9.17) is 9.26 Å². The highest BCUT2D eigenvalue weighted by atomic mass is 19.4. The summed E-state index contributed by atoms with van der Waals surface area (Å²) in [4.78, 5) is 20.3. The van der Waals surface area contributed by atoms with E-state index in [-0.39, 0.29) is 42.9 Å². The van der Waals surface area contributed by atoms with E-state index in [9.17, 15) is 23.1 Å². The topological polar surface area (TPSA) is 129 Å². The molecule has 13 heteroatoms. The molecule has 37 heavy (non-hydrogen) atoms. The summed E-state index contributed by atoms with van der Waals surface area (Å²) < 4.78 is 52.3. The van der Waals surface area contributed by atoms with Crippen molar-refractivity contribution < 1.29 is 37.0 Å². The van der Waals surface area contributed by atoms with E-state index in [2.05, 4.69) is 25.9 Å². The number of ether oxygens (including phenoxy) is 1. The molecule has 4 rings (SSSR count). The maximum absolute atomic E-state index is 13.4. The molecule has 196 valence electrons. The molecule has 2 heterocycles. The lowest BCUT2D eigenvalue weighted by Gasteiger charge is -2.15. The van der Waals surface area contributed by atoms with Gasteiger partial charge in [-0.3, -0.25) is 19.8 Å². The number of carbonyl (C=O) groups is 1. The van der Waals surface area contributed by atoms with E-state index in [0.29, 0.717) is 5.69 Å². The molecule has 2 amide bonds. The van der Waals surface area contributed by atoms with Gasteiger partial charge < -0.3 is 15.2 Å². The molecule has 1 fully saturated rings. The van der Waals surface area contributed by atoms with Crippen molar-refractivity contribution in [3.63, 3.8) is 0 Å². The van der Waals surface area contributed by atoms with Crippen LogP contribution >= 0.6 is 0 Å². The van der Waals surface area contributed by atoms with Crippen LogP contribution in [0.4, 0.5) is 35.2 Å². The SMILES string of the molecule is O=C(Nc1cc(N=C([O-])CCOC2CCCC2)cc(C(F)(F)F)c1)Nc1c[n+](Cc2ccccn2)no1. The van der Waals surface area contributed by atoms with Crippen LogP contribution in [0, 0.1) is 0 Å². The van der Waals surface area contributed by atoms with Gasteiger partial charge in [0.2, 0.25) is 11.8 Å². The first-order valence-corrected chi connectivity index (χ1v) is 11.7. The highest BCUT2D eigenvalue weighted by molar-refractivity contribution is 5.99. The minimum atomic E-state index is -4.71. The Kier molecular flexibility index (Phi) is 8.33. The van der Waals surface area contributed by atoms with Crippen LogP contribution in [-0.2, 0) is 17.5 Å². The van der Waals surface area contributed by atoms with Crippen molar-refractivity contribution in [3.8, 4) is 0 Å². The summed E-state index contributed by atoms with van der Waals surface area (Å²) in [5.74, 6) is -0.658. The number of aliphatic imine (C=N–C) groups is 1. The molecule has 2 aromatic heterocycles. The first-order chi connectivity index (χ1) is 17.7. The molecule has 0 aliphatic heterocycles. The Hall–Kier alpha value is -4.00. The number of halogens is 3. The number of carbonyl (C=O) groups excluding carboxylic acids is 1. The molecule has 1 aliphatic carbocycles. The number of nitrogens with zero attached hydrogens (tertiary/aromatic N) is 4. The summed E-state index contributed by atoms with van der Waals surface area (Å²) in [6.07, 6.45) is 2.40. The number of anilines is 2. The minimum absolute atomic E-state index is 0.0391. The lowest BCUT2D eigenvalue weighted by atomic mass is 10.1. The van der Waals surface area contributed by atoms with E-state index >= 15 is 0 Å². The van der Waals surface area contributed by atoms with Crippen LogP contribution in [0.5, 0.6) is 0 Å². The van der Waals surface area contributed by atoms with E-state index in [1.807, 2.05) is 6.07 Å². The Morgan fingerprint density at radius 3 is 2.76 bits per heavy atom. The molecule has 1 aromatic carbocycles. The average Bonchev–Trinajstić information content (AvgIpc) is 3.51. The Balaban J connectivity index is 1.39. The average molecular weight is 518 g/mol. The van der Waals surface area contributed by atoms with Gasteiger partial charge in [-0.1, -0.05) is 18.9 Å². The number of rotatable bonds is 9. The van der Waals surface area contributed by atoms with Gasteiger partial charge in [-0.2, -0.15) is 13.2 Å². The lowest BCUT2D eigenvalue weighted by molar-refractivity contribution is -0.755. The van der Waals surface area contributed by atoms with Crippen LogP contribution in [0.15, 0.2) is 58.3 Å². The first-order valence-electron chi connectivity index (χ1n) is 11.7. The molecule has 1 aliphatic rings. The molecule has 0 saturated heterocycles. The maximum Gasteiger partial charge on any atom is 0.416 e. The number of benzene rings is 1. The zero-order chi connectivity index (χ0) is 26.3. The number of alkyl halides is 3. The van der Waals surface area contributed by atoms with Crippen molar-refractivity contribution in [2.24, 2.45) is 4.99 Å². The number of pyridine rings is 1.